The molecule has 2 N–H and O–H groups in total. The summed E-state index contributed by atoms with van der Waals surface area (Å²) < 4.78 is 4.75. The van der Waals surface area contributed by atoms with Gasteiger partial charge in [-0.2, -0.15) is 0 Å². The fourth-order valence-corrected chi connectivity index (χ4v) is 1.04. The number of ether oxygens (including phenoxy) is 1. The third-order valence-electron chi connectivity index (χ3n) is 1.80. The molecule has 17 heavy (non-hydrogen) atoms. The minimum atomic E-state index is -1.05. The minimum Gasteiger partial charge on any atom is -0.550 e. The van der Waals surface area contributed by atoms with E-state index in [1.165, 1.54) is 0 Å². The van der Waals surface area contributed by atoms with Crippen LogP contribution in [-0.2, 0) is 14.3 Å². The molecule has 0 atom stereocenters. The Morgan fingerprint density at radius 2 is 1.59 bits per heavy atom. The molecule has 0 aromatic heterocycles. The number of hydrogen-bond acceptors (Lipinski definition) is 6. The maximum Gasteiger partial charge on any atom is 1.00 e. The van der Waals surface area contributed by atoms with Crippen molar-refractivity contribution in [2.45, 2.75) is 19.8 Å². The van der Waals surface area contributed by atoms with Gasteiger partial charge in [-0.15, -0.1) is 0 Å². The molecule has 0 saturated heterocycles. The van der Waals surface area contributed by atoms with E-state index < -0.39 is 5.97 Å². The third kappa shape index (κ3) is 15.9. The Bertz CT molecular complexity index is 214. The third-order valence-corrected chi connectivity index (χ3v) is 1.80. The summed E-state index contributed by atoms with van der Waals surface area (Å²) in [5.41, 5.74) is 0. The zero-order valence-corrected chi connectivity index (χ0v) is 12.6. The van der Waals surface area contributed by atoms with Crippen molar-refractivity contribution >= 4 is 11.9 Å². The van der Waals surface area contributed by atoms with E-state index in [0.29, 0.717) is 39.2 Å². The van der Waals surface area contributed by atoms with Gasteiger partial charge in [-0.3, -0.25) is 4.79 Å². The molecule has 0 fully saturated rings. The Kier molecular flexibility index (Phi) is 15.7. The summed E-state index contributed by atoms with van der Waals surface area (Å²) in [6.45, 7) is 4.50. The van der Waals surface area contributed by atoms with E-state index in [2.05, 4.69) is 10.6 Å². The molecule has 0 aromatic carbocycles. The largest absolute Gasteiger partial charge is 1.00 e. The molecule has 0 aromatic rings. The van der Waals surface area contributed by atoms with Crippen molar-refractivity contribution in [1.82, 2.24) is 10.6 Å². The van der Waals surface area contributed by atoms with Crippen LogP contribution in [0.5, 0.6) is 0 Å². The number of esters is 1. The van der Waals surface area contributed by atoms with Gasteiger partial charge in [0.05, 0.1) is 13.0 Å². The molecule has 94 valence electrons. The van der Waals surface area contributed by atoms with Gasteiger partial charge in [0.1, 0.15) is 0 Å². The molecule has 0 radical (unpaired) electrons. The van der Waals surface area contributed by atoms with Gasteiger partial charge in [0.2, 0.25) is 0 Å². The van der Waals surface area contributed by atoms with E-state index in [4.69, 9.17) is 4.74 Å². The zero-order chi connectivity index (χ0) is 12.2. The number of nitrogens with one attached hydrogen (secondary N) is 2. The van der Waals surface area contributed by atoms with Gasteiger partial charge in [-0.25, -0.2) is 0 Å². The van der Waals surface area contributed by atoms with Crippen LogP contribution in [0, 0.1) is 0 Å². The molecule has 0 amide bonds. The summed E-state index contributed by atoms with van der Waals surface area (Å²) in [5, 5.41) is 16.0. The molecular formula is C10H19N2NaO4. The van der Waals surface area contributed by atoms with Crippen LogP contribution in [0.15, 0.2) is 0 Å². The average Bonchev–Trinajstić information content (AvgIpc) is 2.22. The Balaban J connectivity index is 0. The molecule has 0 heterocycles. The second kappa shape index (κ2) is 13.9. The van der Waals surface area contributed by atoms with Crippen LogP contribution in [-0.4, -0.2) is 44.7 Å². The SMILES string of the molecule is CCOC(=O)CCNCCNCCC(=O)[O-].[Na+]. The molecule has 0 aliphatic carbocycles. The molecular weight excluding hydrogens is 235 g/mol. The van der Waals surface area contributed by atoms with Crippen LogP contribution in [0.2, 0.25) is 0 Å². The fourth-order valence-electron chi connectivity index (χ4n) is 1.04. The molecule has 0 aliphatic rings. The topological polar surface area (TPSA) is 90.5 Å². The normalized spacial score (nSPS) is 9.47. The molecule has 0 rings (SSSR count). The summed E-state index contributed by atoms with van der Waals surface area (Å²) >= 11 is 0. The van der Waals surface area contributed by atoms with E-state index in [9.17, 15) is 14.7 Å². The number of carboxylic acids is 1. The van der Waals surface area contributed by atoms with Crippen molar-refractivity contribution in [1.29, 1.82) is 0 Å². The van der Waals surface area contributed by atoms with Crippen LogP contribution in [0.25, 0.3) is 0 Å². The van der Waals surface area contributed by atoms with Crippen LogP contribution in [0.4, 0.5) is 0 Å². The number of carboxylic acid groups (broad SMARTS) is 1. The monoisotopic (exact) mass is 254 g/mol. The minimum absolute atomic E-state index is 0. The Labute approximate surface area is 124 Å². The Morgan fingerprint density at radius 3 is 2.06 bits per heavy atom. The van der Waals surface area contributed by atoms with Gasteiger partial charge in [0.25, 0.3) is 0 Å². The first kappa shape index (κ1) is 19.2. The molecule has 0 bridgehead atoms. The number of rotatable bonds is 10. The van der Waals surface area contributed by atoms with Crippen molar-refractivity contribution < 1.29 is 49.0 Å². The van der Waals surface area contributed by atoms with E-state index in [0.717, 1.165) is 0 Å². The van der Waals surface area contributed by atoms with Gasteiger partial charge in [0.15, 0.2) is 0 Å². The molecule has 0 spiro atoms. The van der Waals surface area contributed by atoms with Crippen LogP contribution in [0.1, 0.15) is 19.8 Å². The van der Waals surface area contributed by atoms with E-state index in [1.807, 2.05) is 0 Å². The van der Waals surface area contributed by atoms with Gasteiger partial charge in [0, 0.05) is 32.1 Å². The first-order valence-corrected chi connectivity index (χ1v) is 5.43. The second-order valence-corrected chi connectivity index (χ2v) is 3.18. The fraction of sp³-hybridized carbons (Fsp3) is 0.800. The van der Waals surface area contributed by atoms with Crippen molar-refractivity contribution in [3.63, 3.8) is 0 Å². The molecule has 0 aliphatic heterocycles. The molecule has 0 unspecified atom stereocenters. The Hall–Kier alpha value is -0.140. The second-order valence-electron chi connectivity index (χ2n) is 3.18. The summed E-state index contributed by atoms with van der Waals surface area (Å²) in [6, 6.07) is 0. The van der Waals surface area contributed by atoms with Gasteiger partial charge < -0.3 is 25.3 Å². The number of carbonyl (C=O) groups is 2. The number of carbonyl (C=O) groups excluding carboxylic acids is 2. The summed E-state index contributed by atoms with van der Waals surface area (Å²) in [4.78, 5) is 21.0. The van der Waals surface area contributed by atoms with Crippen molar-refractivity contribution in [2.75, 3.05) is 32.8 Å². The van der Waals surface area contributed by atoms with Crippen molar-refractivity contribution in [3.05, 3.63) is 0 Å². The molecule has 0 saturated carbocycles. The smallest absolute Gasteiger partial charge is 0.550 e. The Morgan fingerprint density at radius 1 is 1.06 bits per heavy atom. The molecule has 6 nitrogen and oxygen atoms in total. The molecule has 7 heteroatoms. The quantitative estimate of drug-likeness (QED) is 0.231. The standard InChI is InChI=1S/C10H20N2O4.Na/c1-2-16-10(15)4-6-12-8-7-11-5-3-9(13)14;/h11-12H,2-8H2,1H3,(H,13,14);/q;+1/p-1. The predicted octanol–water partition coefficient (Wildman–Crippen LogP) is -4.74. The summed E-state index contributed by atoms with van der Waals surface area (Å²) in [6.07, 6.45) is 0.371. The van der Waals surface area contributed by atoms with Gasteiger partial charge >= 0.3 is 35.5 Å². The predicted molar refractivity (Wildman–Crippen MR) is 56.6 cm³/mol. The maximum atomic E-state index is 10.9. The maximum absolute atomic E-state index is 10.9. The van der Waals surface area contributed by atoms with Crippen molar-refractivity contribution in [3.8, 4) is 0 Å². The van der Waals surface area contributed by atoms with Gasteiger partial charge in [-0.05, 0) is 13.3 Å². The van der Waals surface area contributed by atoms with E-state index >= 15 is 0 Å². The first-order valence-electron chi connectivity index (χ1n) is 5.43. The first-order chi connectivity index (χ1) is 7.66. The zero-order valence-electron chi connectivity index (χ0n) is 10.6. The van der Waals surface area contributed by atoms with Gasteiger partial charge in [-0.1, -0.05) is 0 Å². The van der Waals surface area contributed by atoms with Crippen LogP contribution in [0.3, 0.4) is 0 Å². The van der Waals surface area contributed by atoms with Crippen molar-refractivity contribution in [2.24, 2.45) is 0 Å². The average molecular weight is 254 g/mol. The summed E-state index contributed by atoms with van der Waals surface area (Å²) in [5.74, 6) is -1.26. The van der Waals surface area contributed by atoms with Crippen LogP contribution >= 0.6 is 0 Å². The van der Waals surface area contributed by atoms with E-state index in [1.54, 1.807) is 6.92 Å². The number of hydrogen-bond donors (Lipinski definition) is 2. The number of aliphatic carboxylic acids is 1. The van der Waals surface area contributed by atoms with Crippen LogP contribution < -0.4 is 45.3 Å². The summed E-state index contributed by atoms with van der Waals surface area (Å²) in [7, 11) is 0. The van der Waals surface area contributed by atoms with E-state index in [-0.39, 0.29) is 41.9 Å².